The van der Waals surface area contributed by atoms with Crippen molar-refractivity contribution in [2.45, 2.75) is 61.9 Å². The summed E-state index contributed by atoms with van der Waals surface area (Å²) in [6, 6.07) is 26.4. The summed E-state index contributed by atoms with van der Waals surface area (Å²) in [6.07, 6.45) is 12.0. The Morgan fingerprint density at radius 2 is 0.985 bits per heavy atom. The van der Waals surface area contributed by atoms with Crippen LogP contribution in [0.3, 0.4) is 0 Å². The third kappa shape index (κ3) is 8.10. The van der Waals surface area contributed by atoms with Gasteiger partial charge in [-0.05, 0) is 110 Å². The second-order valence-electron chi connectivity index (χ2n) is 17.8. The number of piperidine rings is 2. The van der Waals surface area contributed by atoms with E-state index in [-0.39, 0.29) is 11.8 Å². The first-order valence-corrected chi connectivity index (χ1v) is 23.5. The molecule has 68 heavy (non-hydrogen) atoms. The van der Waals surface area contributed by atoms with E-state index in [1.807, 2.05) is 97.3 Å². The zero-order valence-corrected chi connectivity index (χ0v) is 38.3. The standard InChI is InChI=1S/2C26H23ClN4O3/c2*27-17-13-16-14-21(25(32)31-11-6-26(33,7-12-31)22-3-1-2-8-28-22)34-23(16)20(15-17)18-4-9-29-24-19(18)5-10-30-24/h2*1-5,8-10,13,15,21,33H,6-7,11-12,14H2,(H,29,30)/t2*21-/m10/s1. The molecule has 4 aliphatic rings. The molecule has 8 aromatic rings. The summed E-state index contributed by atoms with van der Waals surface area (Å²) >= 11 is 12.9. The van der Waals surface area contributed by atoms with E-state index < -0.39 is 23.4 Å². The molecule has 14 nitrogen and oxygen atoms in total. The van der Waals surface area contributed by atoms with Gasteiger partial charge in [0, 0.05) is 119 Å². The Bertz CT molecular complexity index is 2970. The minimum absolute atomic E-state index is 0.0668. The number of carbonyl (C=O) groups is 2. The van der Waals surface area contributed by atoms with Gasteiger partial charge in [-0.15, -0.1) is 0 Å². The van der Waals surface area contributed by atoms with Gasteiger partial charge >= 0.3 is 0 Å². The van der Waals surface area contributed by atoms with Crippen LogP contribution in [0.2, 0.25) is 10.0 Å². The topological polar surface area (TPSA) is 183 Å². The van der Waals surface area contributed by atoms with E-state index in [0.717, 1.165) is 55.4 Å². The number of halogens is 2. The molecule has 4 N–H and O–H groups in total. The van der Waals surface area contributed by atoms with Gasteiger partial charge in [0.25, 0.3) is 11.8 Å². The number of pyridine rings is 4. The number of aliphatic hydroxyl groups is 2. The fourth-order valence-electron chi connectivity index (χ4n) is 10.1. The molecule has 2 fully saturated rings. The Kier molecular flexibility index (Phi) is 11.4. The molecule has 2 atom stereocenters. The van der Waals surface area contributed by atoms with Crippen LogP contribution in [0.1, 0.15) is 48.2 Å². The van der Waals surface area contributed by atoms with Crippen molar-refractivity contribution in [3.63, 3.8) is 0 Å². The van der Waals surface area contributed by atoms with Gasteiger partial charge in [-0.3, -0.25) is 19.6 Å². The first-order valence-electron chi connectivity index (χ1n) is 22.7. The molecule has 6 aromatic heterocycles. The van der Waals surface area contributed by atoms with Crippen molar-refractivity contribution in [3.8, 4) is 33.8 Å². The van der Waals surface area contributed by atoms with E-state index in [1.165, 1.54) is 0 Å². The van der Waals surface area contributed by atoms with E-state index in [1.54, 1.807) is 34.6 Å². The number of hydrogen-bond donors (Lipinski definition) is 4. The summed E-state index contributed by atoms with van der Waals surface area (Å²) in [7, 11) is 0. The van der Waals surface area contributed by atoms with Gasteiger partial charge in [0.05, 0.1) is 11.4 Å². The summed E-state index contributed by atoms with van der Waals surface area (Å²) in [5, 5.41) is 25.3. The zero-order chi connectivity index (χ0) is 46.6. The molecule has 0 unspecified atom stereocenters. The summed E-state index contributed by atoms with van der Waals surface area (Å²) in [5.41, 5.74) is 6.30. The molecule has 2 amide bonds. The van der Waals surface area contributed by atoms with Crippen molar-refractivity contribution in [2.24, 2.45) is 0 Å². The smallest absolute Gasteiger partial charge is 0.263 e. The van der Waals surface area contributed by atoms with E-state index in [4.69, 9.17) is 32.7 Å². The van der Waals surface area contributed by atoms with Crippen molar-refractivity contribution >= 4 is 57.1 Å². The number of rotatable bonds is 6. The first-order chi connectivity index (χ1) is 33.0. The van der Waals surface area contributed by atoms with Crippen molar-refractivity contribution < 1.29 is 29.3 Å². The maximum absolute atomic E-state index is 13.4. The number of H-pyrrole nitrogens is 2. The average Bonchev–Trinajstić information content (AvgIpc) is 4.21. The van der Waals surface area contributed by atoms with E-state index in [0.29, 0.717) is 97.6 Å². The summed E-state index contributed by atoms with van der Waals surface area (Å²) < 4.78 is 12.5. The van der Waals surface area contributed by atoms with Crippen LogP contribution in [-0.4, -0.2) is 100 Å². The molecule has 10 heterocycles. The summed E-state index contributed by atoms with van der Waals surface area (Å²) in [4.78, 5) is 53.9. The lowest BCUT2D eigenvalue weighted by Crippen LogP contribution is -2.49. The highest BCUT2D eigenvalue weighted by atomic mass is 35.5. The summed E-state index contributed by atoms with van der Waals surface area (Å²) in [6.45, 7) is 1.79. The highest BCUT2D eigenvalue weighted by Gasteiger charge is 2.42. The SMILES string of the molecule is O=C([C@@H]1Cc2cc(Cl)cc(-c3ccnc4[nH]ccc34)c2O1)N1CCC(O)(c2ccccn2)CC1.O=C([C@H]1Cc2cc(Cl)cc(-c3ccnc4[nH]ccc34)c2O1)N1CCC(O)(c2ccccn2)CC1. The number of likely N-dealkylation sites (tertiary alicyclic amines) is 2. The number of nitrogens with one attached hydrogen (secondary N) is 2. The van der Waals surface area contributed by atoms with Crippen LogP contribution in [-0.2, 0) is 33.6 Å². The highest BCUT2D eigenvalue weighted by molar-refractivity contribution is 6.31. The van der Waals surface area contributed by atoms with Gasteiger partial charge in [-0.1, -0.05) is 35.3 Å². The molecule has 344 valence electrons. The lowest BCUT2D eigenvalue weighted by molar-refractivity contribution is -0.143. The number of fused-ring (bicyclic) bond motifs is 4. The lowest BCUT2D eigenvalue weighted by Gasteiger charge is -2.38. The number of nitrogens with zero attached hydrogens (tertiary/aromatic N) is 6. The van der Waals surface area contributed by atoms with Crippen LogP contribution < -0.4 is 9.47 Å². The third-order valence-corrected chi connectivity index (χ3v) is 14.2. The van der Waals surface area contributed by atoms with Gasteiger partial charge in [0.1, 0.15) is 34.0 Å². The van der Waals surface area contributed by atoms with Crippen molar-refractivity contribution in [2.75, 3.05) is 26.2 Å². The number of carbonyl (C=O) groups excluding carboxylic acids is 2. The predicted molar refractivity (Wildman–Crippen MR) is 257 cm³/mol. The fraction of sp³-hybridized carbons (Fsp3) is 0.269. The van der Waals surface area contributed by atoms with Crippen molar-refractivity contribution in [1.29, 1.82) is 0 Å². The van der Waals surface area contributed by atoms with E-state index in [2.05, 4.69) is 29.9 Å². The number of amides is 2. The van der Waals surface area contributed by atoms with Gasteiger partial charge < -0.3 is 39.5 Å². The Labute approximate surface area is 400 Å². The highest BCUT2D eigenvalue weighted by Crippen LogP contribution is 2.45. The van der Waals surface area contributed by atoms with Crippen LogP contribution in [0.5, 0.6) is 11.5 Å². The van der Waals surface area contributed by atoms with Gasteiger partial charge in [-0.2, -0.15) is 0 Å². The second kappa shape index (κ2) is 17.7. The number of ether oxygens (including phenoxy) is 2. The summed E-state index contributed by atoms with van der Waals surface area (Å²) in [5.74, 6) is 1.25. The van der Waals surface area contributed by atoms with Crippen LogP contribution in [0.15, 0.2) is 122 Å². The number of hydrogen-bond acceptors (Lipinski definition) is 10. The largest absolute Gasteiger partial charge is 0.479 e. The second-order valence-corrected chi connectivity index (χ2v) is 18.7. The molecule has 2 aromatic carbocycles. The lowest BCUT2D eigenvalue weighted by atomic mass is 9.87. The number of aromatic amines is 2. The van der Waals surface area contributed by atoms with Gasteiger partial charge in [0.2, 0.25) is 0 Å². The molecule has 12 rings (SSSR count). The van der Waals surface area contributed by atoms with Crippen molar-refractivity contribution in [3.05, 3.63) is 155 Å². The van der Waals surface area contributed by atoms with E-state index in [9.17, 15) is 19.8 Å². The Morgan fingerprint density at radius 1 is 0.559 bits per heavy atom. The Balaban J connectivity index is 0.000000149. The maximum atomic E-state index is 13.4. The first kappa shape index (κ1) is 43.7. The molecule has 0 saturated carbocycles. The van der Waals surface area contributed by atoms with Crippen LogP contribution in [0, 0.1) is 0 Å². The third-order valence-electron chi connectivity index (χ3n) is 13.7. The number of benzene rings is 2. The fourth-order valence-corrected chi connectivity index (χ4v) is 10.6. The minimum Gasteiger partial charge on any atom is -0.479 e. The normalized spacial score (nSPS) is 19.1. The molecular formula is C52H46Cl2N8O6. The quantitative estimate of drug-likeness (QED) is 0.127. The molecule has 0 bridgehead atoms. The van der Waals surface area contributed by atoms with Crippen LogP contribution in [0.4, 0.5) is 0 Å². The van der Waals surface area contributed by atoms with Gasteiger partial charge in [0.15, 0.2) is 12.2 Å². The number of aromatic nitrogens is 6. The van der Waals surface area contributed by atoms with Crippen LogP contribution in [0.25, 0.3) is 44.3 Å². The monoisotopic (exact) mass is 948 g/mol. The molecule has 0 spiro atoms. The minimum atomic E-state index is -1.01. The molecule has 16 heteroatoms. The average molecular weight is 950 g/mol. The van der Waals surface area contributed by atoms with Crippen LogP contribution >= 0.6 is 23.2 Å². The Morgan fingerprint density at radius 3 is 1.38 bits per heavy atom. The van der Waals surface area contributed by atoms with Crippen molar-refractivity contribution in [1.82, 2.24) is 39.7 Å². The predicted octanol–water partition coefficient (Wildman–Crippen LogP) is 8.18. The zero-order valence-electron chi connectivity index (χ0n) is 36.7. The van der Waals surface area contributed by atoms with E-state index >= 15 is 0 Å². The molecular weight excluding hydrogens is 904 g/mol. The van der Waals surface area contributed by atoms with Gasteiger partial charge in [-0.25, -0.2) is 9.97 Å². The Hall–Kier alpha value is -6.84. The molecule has 2 saturated heterocycles. The molecule has 0 aliphatic carbocycles. The maximum Gasteiger partial charge on any atom is 0.263 e. The molecule has 0 radical (unpaired) electrons. The molecule has 4 aliphatic heterocycles.